The second-order valence-electron chi connectivity index (χ2n) is 1.81. The van der Waals surface area contributed by atoms with Crippen molar-refractivity contribution in [3.63, 3.8) is 0 Å². The van der Waals surface area contributed by atoms with Crippen LogP contribution in [0.15, 0.2) is 12.1 Å². The van der Waals surface area contributed by atoms with Crippen LogP contribution in [0.25, 0.3) is 0 Å². The summed E-state index contributed by atoms with van der Waals surface area (Å²) in [5.74, 6) is -1.07. The van der Waals surface area contributed by atoms with Gasteiger partial charge in [0.05, 0.1) is 5.56 Å². The molecule has 1 heterocycles. The Kier molecular flexibility index (Phi) is 5.42. The molecule has 1 aromatic rings. The van der Waals surface area contributed by atoms with E-state index >= 15 is 0 Å². The van der Waals surface area contributed by atoms with Gasteiger partial charge in [-0.3, -0.25) is 0 Å². The second-order valence-corrected chi connectivity index (χ2v) is 2.58. The summed E-state index contributed by atoms with van der Waals surface area (Å²) < 4.78 is 0. The molecule has 1 rings (SSSR count). The third-order valence-electron chi connectivity index (χ3n) is 1.01. The molecule has 0 saturated carbocycles. The fourth-order valence-electron chi connectivity index (χ4n) is 0.588. The zero-order valence-electron chi connectivity index (χ0n) is 7.21. The first-order chi connectivity index (χ1) is 6.09. The van der Waals surface area contributed by atoms with Gasteiger partial charge in [-0.05, 0) is 12.1 Å². The fraction of sp³-hybridized carbons (Fsp3) is 0.250. The fourth-order valence-corrected chi connectivity index (χ4v) is 1.05. The van der Waals surface area contributed by atoms with Gasteiger partial charge < -0.3 is 5.11 Å². The van der Waals surface area contributed by atoms with Crippen molar-refractivity contribution in [2.75, 3.05) is 0 Å². The maximum atomic E-state index is 10.4. The van der Waals surface area contributed by atoms with Gasteiger partial charge >= 0.3 is 5.97 Å². The van der Waals surface area contributed by atoms with Gasteiger partial charge in [-0.15, -0.1) is 0 Å². The van der Waals surface area contributed by atoms with Crippen LogP contribution in [0.4, 0.5) is 0 Å². The van der Waals surface area contributed by atoms with Gasteiger partial charge in [-0.25, -0.2) is 9.78 Å². The van der Waals surface area contributed by atoms with Gasteiger partial charge in [0.1, 0.15) is 10.3 Å². The van der Waals surface area contributed by atoms with E-state index in [1.54, 1.807) is 0 Å². The van der Waals surface area contributed by atoms with Crippen LogP contribution >= 0.6 is 23.2 Å². The van der Waals surface area contributed by atoms with Crippen molar-refractivity contribution in [3.05, 3.63) is 28.0 Å². The molecule has 0 spiro atoms. The summed E-state index contributed by atoms with van der Waals surface area (Å²) in [6.45, 7) is 4.00. The molecule has 72 valence electrons. The first-order valence-corrected chi connectivity index (χ1v) is 4.41. The molecule has 1 N–H and O–H groups in total. The molecule has 0 unspecified atom stereocenters. The van der Waals surface area contributed by atoms with Gasteiger partial charge in [0.15, 0.2) is 0 Å². The highest BCUT2D eigenvalue weighted by atomic mass is 35.5. The van der Waals surface area contributed by atoms with Crippen molar-refractivity contribution < 1.29 is 9.90 Å². The summed E-state index contributed by atoms with van der Waals surface area (Å²) >= 11 is 10.9. The number of hydrogen-bond donors (Lipinski definition) is 1. The number of aromatic carboxylic acids is 1. The molecule has 0 aliphatic rings. The van der Waals surface area contributed by atoms with E-state index in [0.29, 0.717) is 0 Å². The van der Waals surface area contributed by atoms with Gasteiger partial charge in [-0.1, -0.05) is 37.0 Å². The average Bonchev–Trinajstić information content (AvgIpc) is 2.06. The van der Waals surface area contributed by atoms with E-state index in [0.717, 1.165) is 0 Å². The van der Waals surface area contributed by atoms with E-state index < -0.39 is 5.97 Å². The van der Waals surface area contributed by atoms with E-state index in [9.17, 15) is 4.79 Å². The van der Waals surface area contributed by atoms with Crippen molar-refractivity contribution in [2.45, 2.75) is 13.8 Å². The molecule has 0 amide bonds. The SMILES string of the molecule is CC.O=C(O)c1cc(Cl)nc(Cl)c1. The molecule has 0 aliphatic carbocycles. The highest BCUT2D eigenvalue weighted by Gasteiger charge is 2.05. The van der Waals surface area contributed by atoms with Crippen LogP contribution in [0.5, 0.6) is 0 Å². The number of carboxylic acids is 1. The van der Waals surface area contributed by atoms with Crippen molar-refractivity contribution in [1.82, 2.24) is 4.98 Å². The van der Waals surface area contributed by atoms with Gasteiger partial charge in [-0.2, -0.15) is 0 Å². The van der Waals surface area contributed by atoms with Crippen LogP contribution in [0.3, 0.4) is 0 Å². The Morgan fingerprint density at radius 3 is 2.00 bits per heavy atom. The van der Waals surface area contributed by atoms with E-state index in [-0.39, 0.29) is 15.9 Å². The van der Waals surface area contributed by atoms with Crippen molar-refractivity contribution in [3.8, 4) is 0 Å². The van der Waals surface area contributed by atoms with Gasteiger partial charge in [0.2, 0.25) is 0 Å². The average molecular weight is 222 g/mol. The Balaban J connectivity index is 0.000000671. The van der Waals surface area contributed by atoms with Crippen molar-refractivity contribution in [1.29, 1.82) is 0 Å². The van der Waals surface area contributed by atoms with Crippen LogP contribution < -0.4 is 0 Å². The number of rotatable bonds is 1. The Bertz CT molecular complexity index is 282. The summed E-state index contributed by atoms with van der Waals surface area (Å²) in [7, 11) is 0. The lowest BCUT2D eigenvalue weighted by Gasteiger charge is -1.94. The maximum absolute atomic E-state index is 10.4. The van der Waals surface area contributed by atoms with Crippen LogP contribution in [-0.2, 0) is 0 Å². The second kappa shape index (κ2) is 5.78. The quantitative estimate of drug-likeness (QED) is 0.742. The number of aromatic nitrogens is 1. The molecule has 13 heavy (non-hydrogen) atoms. The number of nitrogens with zero attached hydrogens (tertiary/aromatic N) is 1. The summed E-state index contributed by atoms with van der Waals surface area (Å²) in [5.41, 5.74) is 0.0370. The minimum Gasteiger partial charge on any atom is -0.478 e. The smallest absolute Gasteiger partial charge is 0.335 e. The molecule has 0 saturated heterocycles. The highest BCUT2D eigenvalue weighted by molar-refractivity contribution is 6.32. The normalized spacial score (nSPS) is 8.62. The topological polar surface area (TPSA) is 50.2 Å². The highest BCUT2D eigenvalue weighted by Crippen LogP contribution is 2.14. The van der Waals surface area contributed by atoms with Crippen LogP contribution in [0.1, 0.15) is 24.2 Å². The van der Waals surface area contributed by atoms with Crippen molar-refractivity contribution in [2.24, 2.45) is 0 Å². The van der Waals surface area contributed by atoms with Gasteiger partial charge in [0, 0.05) is 0 Å². The predicted octanol–water partition coefficient (Wildman–Crippen LogP) is 3.11. The van der Waals surface area contributed by atoms with Crippen molar-refractivity contribution >= 4 is 29.2 Å². The number of hydrogen-bond acceptors (Lipinski definition) is 2. The van der Waals surface area contributed by atoms with Crippen LogP contribution in [0.2, 0.25) is 10.3 Å². The largest absolute Gasteiger partial charge is 0.478 e. The lowest BCUT2D eigenvalue weighted by molar-refractivity contribution is 0.0696. The number of pyridine rings is 1. The molecule has 1 aromatic heterocycles. The van der Waals surface area contributed by atoms with Crippen LogP contribution in [0, 0.1) is 0 Å². The Morgan fingerprint density at radius 2 is 1.69 bits per heavy atom. The standard InChI is InChI=1S/C6H3Cl2NO2.C2H6/c7-4-1-3(6(10)11)2-5(8)9-4;1-2/h1-2H,(H,10,11);1-2H3. The molecule has 0 aliphatic heterocycles. The number of carboxylic acid groups (broad SMARTS) is 1. The first-order valence-electron chi connectivity index (χ1n) is 3.66. The molecule has 0 aromatic carbocycles. The molecule has 0 atom stereocenters. The van der Waals surface area contributed by atoms with Gasteiger partial charge in [0.25, 0.3) is 0 Å². The molecule has 3 nitrogen and oxygen atoms in total. The zero-order chi connectivity index (χ0) is 10.4. The van der Waals surface area contributed by atoms with E-state index in [1.807, 2.05) is 13.8 Å². The monoisotopic (exact) mass is 221 g/mol. The third kappa shape index (κ3) is 4.10. The lowest BCUT2D eigenvalue weighted by atomic mass is 10.3. The zero-order valence-corrected chi connectivity index (χ0v) is 8.73. The molecule has 0 radical (unpaired) electrons. The third-order valence-corrected chi connectivity index (χ3v) is 1.40. The lowest BCUT2D eigenvalue weighted by Crippen LogP contribution is -1.96. The molecule has 5 heteroatoms. The number of carbonyl (C=O) groups is 1. The minimum absolute atomic E-state index is 0.0370. The summed E-state index contributed by atoms with van der Waals surface area (Å²) in [4.78, 5) is 13.9. The first kappa shape index (κ1) is 12.2. The summed E-state index contributed by atoms with van der Waals surface area (Å²) in [6, 6.07) is 2.46. The molecule has 0 bridgehead atoms. The Hall–Kier alpha value is -0.800. The molecular formula is C8H9Cl2NO2. The summed E-state index contributed by atoms with van der Waals surface area (Å²) in [6.07, 6.45) is 0. The Labute approximate surface area is 86.3 Å². The molecular weight excluding hydrogens is 213 g/mol. The van der Waals surface area contributed by atoms with E-state index in [4.69, 9.17) is 28.3 Å². The maximum Gasteiger partial charge on any atom is 0.335 e. The Morgan fingerprint density at radius 1 is 1.31 bits per heavy atom. The molecule has 0 fully saturated rings. The van der Waals surface area contributed by atoms with E-state index in [2.05, 4.69) is 4.98 Å². The minimum atomic E-state index is -1.07. The van der Waals surface area contributed by atoms with Crippen LogP contribution in [-0.4, -0.2) is 16.1 Å². The van der Waals surface area contributed by atoms with E-state index in [1.165, 1.54) is 12.1 Å². The number of halogens is 2. The summed E-state index contributed by atoms with van der Waals surface area (Å²) in [5, 5.41) is 8.65. The predicted molar refractivity (Wildman–Crippen MR) is 52.6 cm³/mol.